The molecule has 0 spiro atoms. The highest BCUT2D eigenvalue weighted by molar-refractivity contribution is 7.12. The summed E-state index contributed by atoms with van der Waals surface area (Å²) in [6.45, 7) is 0.0314. The van der Waals surface area contributed by atoms with Crippen molar-refractivity contribution in [2.24, 2.45) is 5.84 Å². The molecule has 20 heavy (non-hydrogen) atoms. The van der Waals surface area contributed by atoms with E-state index >= 15 is 0 Å². The zero-order valence-electron chi connectivity index (χ0n) is 10.3. The van der Waals surface area contributed by atoms with Gasteiger partial charge in [0, 0.05) is 11.1 Å². The molecule has 1 aromatic heterocycles. The monoisotopic (exact) mass is 294 g/mol. The Balaban J connectivity index is 2.11. The number of hydrogen-bond donors (Lipinski definition) is 2. The third-order valence-electron chi connectivity index (χ3n) is 2.56. The van der Waals surface area contributed by atoms with Crippen molar-refractivity contribution in [1.82, 2.24) is 5.43 Å². The highest BCUT2D eigenvalue weighted by atomic mass is 32.1. The van der Waals surface area contributed by atoms with E-state index in [9.17, 15) is 14.0 Å². The Bertz CT molecular complexity index is 642. The normalized spacial score (nSPS) is 10.1. The fraction of sp³-hybridized carbons (Fsp3) is 0.0769. The molecule has 7 heteroatoms. The van der Waals surface area contributed by atoms with Gasteiger partial charge in [-0.3, -0.25) is 15.0 Å². The van der Waals surface area contributed by atoms with Gasteiger partial charge in [-0.25, -0.2) is 10.2 Å². The lowest BCUT2D eigenvalue weighted by atomic mass is 10.2. The predicted molar refractivity (Wildman–Crippen MR) is 72.1 cm³/mol. The lowest BCUT2D eigenvalue weighted by Crippen LogP contribution is -2.30. The maximum Gasteiger partial charge on any atom is 0.275 e. The van der Waals surface area contributed by atoms with E-state index in [0.29, 0.717) is 16.7 Å². The van der Waals surface area contributed by atoms with Crippen molar-refractivity contribution in [3.63, 3.8) is 0 Å². The number of amides is 1. The predicted octanol–water partition coefficient (Wildman–Crippen LogP) is 1.88. The van der Waals surface area contributed by atoms with Crippen LogP contribution in [0.3, 0.4) is 0 Å². The number of nitrogen functional groups attached to an aromatic ring is 1. The van der Waals surface area contributed by atoms with Gasteiger partial charge in [-0.05, 0) is 29.6 Å². The number of hydrogen-bond acceptors (Lipinski definition) is 5. The number of ether oxygens (including phenoxy) is 1. The topological polar surface area (TPSA) is 81.4 Å². The number of halogens is 1. The number of thiophene rings is 1. The van der Waals surface area contributed by atoms with Gasteiger partial charge in [0.05, 0.1) is 4.88 Å². The van der Waals surface area contributed by atoms with Gasteiger partial charge < -0.3 is 4.74 Å². The summed E-state index contributed by atoms with van der Waals surface area (Å²) in [6, 6.07) is 5.61. The molecule has 0 atom stereocenters. The van der Waals surface area contributed by atoms with Crippen LogP contribution >= 0.6 is 11.3 Å². The Morgan fingerprint density at radius 1 is 1.45 bits per heavy atom. The zero-order valence-corrected chi connectivity index (χ0v) is 11.1. The summed E-state index contributed by atoms with van der Waals surface area (Å²) in [5, 5.41) is 1.72. The first-order valence-electron chi connectivity index (χ1n) is 5.60. The molecule has 0 unspecified atom stereocenters. The minimum atomic E-state index is -0.630. The number of carbonyl (C=O) groups excluding carboxylic acids is 2. The second-order valence-corrected chi connectivity index (χ2v) is 4.76. The molecule has 0 saturated carbocycles. The Hall–Kier alpha value is -2.25. The first-order chi connectivity index (χ1) is 9.65. The van der Waals surface area contributed by atoms with Crippen molar-refractivity contribution in [3.8, 4) is 5.75 Å². The molecule has 0 fully saturated rings. The molecule has 1 amide bonds. The molecule has 1 aromatic carbocycles. The first kappa shape index (κ1) is 14.2. The van der Waals surface area contributed by atoms with Gasteiger partial charge in [-0.2, -0.15) is 0 Å². The third-order valence-corrected chi connectivity index (χ3v) is 3.51. The third kappa shape index (κ3) is 3.01. The van der Waals surface area contributed by atoms with Crippen LogP contribution in [0.25, 0.3) is 0 Å². The Morgan fingerprint density at radius 2 is 2.25 bits per heavy atom. The molecule has 0 aliphatic heterocycles. The van der Waals surface area contributed by atoms with Crippen LogP contribution in [0.1, 0.15) is 25.6 Å². The van der Waals surface area contributed by atoms with E-state index < -0.39 is 11.7 Å². The second-order valence-electron chi connectivity index (χ2n) is 3.84. The van der Waals surface area contributed by atoms with E-state index in [2.05, 4.69) is 0 Å². The fourth-order valence-corrected chi connectivity index (χ4v) is 2.39. The van der Waals surface area contributed by atoms with Gasteiger partial charge >= 0.3 is 0 Å². The van der Waals surface area contributed by atoms with E-state index in [1.54, 1.807) is 11.4 Å². The van der Waals surface area contributed by atoms with Crippen LogP contribution in [-0.2, 0) is 6.61 Å². The van der Waals surface area contributed by atoms with E-state index in [1.807, 2.05) is 5.43 Å². The van der Waals surface area contributed by atoms with Gasteiger partial charge in [-0.15, -0.1) is 11.3 Å². The number of aldehydes is 1. The smallest absolute Gasteiger partial charge is 0.275 e. The summed E-state index contributed by atoms with van der Waals surface area (Å²) < 4.78 is 18.9. The van der Waals surface area contributed by atoms with Crippen LogP contribution in [0.2, 0.25) is 0 Å². The van der Waals surface area contributed by atoms with Gasteiger partial charge in [0.25, 0.3) is 5.91 Å². The second kappa shape index (κ2) is 6.27. The lowest BCUT2D eigenvalue weighted by Gasteiger charge is -2.08. The van der Waals surface area contributed by atoms with E-state index in [1.165, 1.54) is 23.5 Å². The van der Waals surface area contributed by atoms with Crippen molar-refractivity contribution in [2.45, 2.75) is 6.61 Å². The van der Waals surface area contributed by atoms with Crippen molar-refractivity contribution in [3.05, 3.63) is 51.5 Å². The maximum absolute atomic E-state index is 13.6. The van der Waals surface area contributed by atoms with Gasteiger partial charge in [-0.1, -0.05) is 0 Å². The molecule has 104 valence electrons. The molecule has 3 N–H and O–H groups in total. The van der Waals surface area contributed by atoms with E-state index in [-0.39, 0.29) is 17.9 Å². The summed E-state index contributed by atoms with van der Waals surface area (Å²) in [6.07, 6.45) is 0.551. The minimum absolute atomic E-state index is 0.0147. The number of carbonyl (C=O) groups is 2. The summed E-state index contributed by atoms with van der Waals surface area (Å²) in [5.74, 6) is 4.03. The summed E-state index contributed by atoms with van der Waals surface area (Å²) in [7, 11) is 0. The highest BCUT2D eigenvalue weighted by Crippen LogP contribution is 2.22. The van der Waals surface area contributed by atoms with Crippen molar-refractivity contribution >= 4 is 23.5 Å². The average molecular weight is 294 g/mol. The number of rotatable bonds is 5. The maximum atomic E-state index is 13.6. The first-order valence-corrected chi connectivity index (χ1v) is 6.48. The van der Waals surface area contributed by atoms with Crippen molar-refractivity contribution in [2.75, 3.05) is 0 Å². The largest absolute Gasteiger partial charge is 0.486 e. The number of nitrogens with two attached hydrogens (primary N) is 1. The van der Waals surface area contributed by atoms with Gasteiger partial charge in [0.2, 0.25) is 0 Å². The summed E-state index contributed by atoms with van der Waals surface area (Å²) in [4.78, 5) is 22.4. The van der Waals surface area contributed by atoms with Crippen LogP contribution in [0.15, 0.2) is 29.6 Å². The summed E-state index contributed by atoms with van der Waals surface area (Å²) in [5.41, 5.74) is 2.87. The SMILES string of the molecule is NNC(=O)c1sccc1COc1ccc(C=O)cc1F. The molecule has 0 bridgehead atoms. The number of hydrazine groups is 1. The van der Waals surface area contributed by atoms with Crippen LogP contribution < -0.4 is 16.0 Å². The molecular formula is C13H11FN2O3S. The Kier molecular flexibility index (Phi) is 4.44. The van der Waals surface area contributed by atoms with Crippen LogP contribution in [0.5, 0.6) is 5.75 Å². The quantitative estimate of drug-likeness (QED) is 0.382. The van der Waals surface area contributed by atoms with Crippen molar-refractivity contribution in [1.29, 1.82) is 0 Å². The molecule has 0 saturated heterocycles. The number of nitrogens with one attached hydrogen (secondary N) is 1. The lowest BCUT2D eigenvalue weighted by molar-refractivity contribution is 0.0955. The highest BCUT2D eigenvalue weighted by Gasteiger charge is 2.13. The molecule has 0 radical (unpaired) electrons. The molecule has 2 aromatic rings. The van der Waals surface area contributed by atoms with Gasteiger partial charge in [0.15, 0.2) is 11.6 Å². The summed E-state index contributed by atoms with van der Waals surface area (Å²) >= 11 is 1.22. The molecule has 0 aliphatic rings. The van der Waals surface area contributed by atoms with Crippen LogP contribution in [-0.4, -0.2) is 12.2 Å². The average Bonchev–Trinajstić information content (AvgIpc) is 2.93. The number of benzene rings is 1. The molecular weight excluding hydrogens is 283 g/mol. The molecule has 0 aliphatic carbocycles. The van der Waals surface area contributed by atoms with Crippen LogP contribution in [0, 0.1) is 5.82 Å². The van der Waals surface area contributed by atoms with E-state index in [4.69, 9.17) is 10.6 Å². The minimum Gasteiger partial charge on any atom is -0.486 e. The Labute approximate surface area is 118 Å². The van der Waals surface area contributed by atoms with Gasteiger partial charge in [0.1, 0.15) is 12.9 Å². The molecule has 5 nitrogen and oxygen atoms in total. The Morgan fingerprint density at radius 3 is 2.90 bits per heavy atom. The fourth-order valence-electron chi connectivity index (χ4n) is 1.58. The molecule has 1 heterocycles. The van der Waals surface area contributed by atoms with Crippen molar-refractivity contribution < 1.29 is 18.7 Å². The van der Waals surface area contributed by atoms with E-state index in [0.717, 1.165) is 6.07 Å². The molecule has 2 rings (SSSR count). The zero-order chi connectivity index (χ0) is 14.5. The van der Waals surface area contributed by atoms with Crippen LogP contribution in [0.4, 0.5) is 4.39 Å². The standard InChI is InChI=1S/C13H11FN2O3S/c14-10-5-8(6-17)1-2-11(10)19-7-9-3-4-20-12(9)13(18)16-15/h1-6H,7,15H2,(H,16,18).